The number of aryl methyl sites for hydroxylation is 1. The number of pyridine rings is 1. The van der Waals surface area contributed by atoms with Gasteiger partial charge in [-0.05, 0) is 24.6 Å². The summed E-state index contributed by atoms with van der Waals surface area (Å²) in [5.74, 6) is 0.0607. The molecule has 0 N–H and O–H groups in total. The quantitative estimate of drug-likeness (QED) is 0.750. The van der Waals surface area contributed by atoms with Crippen molar-refractivity contribution in [2.45, 2.75) is 24.3 Å². The van der Waals surface area contributed by atoms with Gasteiger partial charge >= 0.3 is 0 Å². The summed E-state index contributed by atoms with van der Waals surface area (Å²) < 4.78 is 28.3. The summed E-state index contributed by atoms with van der Waals surface area (Å²) in [6, 6.07) is 4.99. The maximum Gasteiger partial charge on any atom is 0.244 e. The molecule has 1 saturated heterocycles. The first-order valence-electron chi connectivity index (χ1n) is 8.23. The predicted molar refractivity (Wildman–Crippen MR) is 91.0 cm³/mol. The lowest BCUT2D eigenvalue weighted by atomic mass is 10.2. The summed E-state index contributed by atoms with van der Waals surface area (Å²) in [4.78, 5) is 18.1. The van der Waals surface area contributed by atoms with Gasteiger partial charge in [-0.2, -0.15) is 9.40 Å². The van der Waals surface area contributed by atoms with Crippen LogP contribution in [0, 0.1) is 0 Å². The van der Waals surface area contributed by atoms with Crippen molar-refractivity contribution in [1.82, 2.24) is 24.0 Å². The molecule has 0 spiro atoms. The van der Waals surface area contributed by atoms with Gasteiger partial charge in [0.05, 0.1) is 0 Å². The van der Waals surface area contributed by atoms with Crippen molar-refractivity contribution in [3.05, 3.63) is 43.0 Å². The molecule has 0 atom stereocenters. The van der Waals surface area contributed by atoms with E-state index in [2.05, 4.69) is 10.1 Å². The van der Waals surface area contributed by atoms with Crippen molar-refractivity contribution < 1.29 is 13.2 Å². The minimum Gasteiger partial charge on any atom is -0.340 e. The number of nitrogens with zero attached hydrogens (tertiary/aromatic N) is 5. The molecule has 0 aromatic carbocycles. The van der Waals surface area contributed by atoms with Gasteiger partial charge in [0.25, 0.3) is 0 Å². The molecule has 134 valence electrons. The number of rotatable bonds is 6. The van der Waals surface area contributed by atoms with Crippen molar-refractivity contribution >= 4 is 15.9 Å². The molecule has 0 bridgehead atoms. The van der Waals surface area contributed by atoms with E-state index >= 15 is 0 Å². The van der Waals surface area contributed by atoms with Crippen LogP contribution in [0.25, 0.3) is 0 Å². The number of sulfonamides is 1. The molecule has 2 aromatic rings. The fraction of sp³-hybridized carbons (Fsp3) is 0.438. The number of amides is 1. The summed E-state index contributed by atoms with van der Waals surface area (Å²) >= 11 is 0. The zero-order valence-corrected chi connectivity index (χ0v) is 14.7. The normalized spacial score (nSPS) is 16.1. The highest BCUT2D eigenvalue weighted by molar-refractivity contribution is 7.89. The Labute approximate surface area is 147 Å². The Kier molecular flexibility index (Phi) is 5.44. The molecule has 25 heavy (non-hydrogen) atoms. The molecule has 8 nitrogen and oxygen atoms in total. The Balaban J connectivity index is 1.49. The second-order valence-electron chi connectivity index (χ2n) is 5.85. The molecular weight excluding hydrogens is 342 g/mol. The van der Waals surface area contributed by atoms with Crippen LogP contribution in [0.15, 0.2) is 47.9 Å². The molecule has 3 heterocycles. The minimum absolute atomic E-state index is 0.0607. The molecule has 1 fully saturated rings. The van der Waals surface area contributed by atoms with E-state index in [1.807, 2.05) is 12.3 Å². The third-order valence-corrected chi connectivity index (χ3v) is 6.08. The van der Waals surface area contributed by atoms with Crippen LogP contribution in [0.2, 0.25) is 0 Å². The van der Waals surface area contributed by atoms with Crippen molar-refractivity contribution in [2.24, 2.45) is 0 Å². The monoisotopic (exact) mass is 363 g/mol. The van der Waals surface area contributed by atoms with Crippen LogP contribution >= 0.6 is 0 Å². The third kappa shape index (κ3) is 4.23. The van der Waals surface area contributed by atoms with Crippen molar-refractivity contribution in [1.29, 1.82) is 0 Å². The third-order valence-electron chi connectivity index (χ3n) is 4.20. The second kappa shape index (κ2) is 7.75. The maximum atomic E-state index is 12.5. The molecule has 1 aliphatic heterocycles. The smallest absolute Gasteiger partial charge is 0.244 e. The van der Waals surface area contributed by atoms with Crippen LogP contribution in [0.3, 0.4) is 0 Å². The highest BCUT2D eigenvalue weighted by Gasteiger charge is 2.29. The Bertz CT molecular complexity index is 784. The Morgan fingerprint density at radius 3 is 2.56 bits per heavy atom. The first-order valence-corrected chi connectivity index (χ1v) is 9.67. The van der Waals surface area contributed by atoms with Crippen molar-refractivity contribution in [3.8, 4) is 0 Å². The summed E-state index contributed by atoms with van der Waals surface area (Å²) in [7, 11) is -3.54. The number of hydrogen-bond donors (Lipinski definition) is 0. The predicted octanol–water partition coefficient (Wildman–Crippen LogP) is 0.591. The molecule has 0 aliphatic carbocycles. The van der Waals surface area contributed by atoms with Gasteiger partial charge < -0.3 is 4.90 Å². The molecule has 0 saturated carbocycles. The van der Waals surface area contributed by atoms with Crippen LogP contribution in [0.5, 0.6) is 0 Å². The molecule has 3 rings (SSSR count). The van der Waals surface area contributed by atoms with E-state index in [0.29, 0.717) is 45.6 Å². The average molecular weight is 363 g/mol. The van der Waals surface area contributed by atoms with Crippen LogP contribution in [0.1, 0.15) is 12.8 Å². The van der Waals surface area contributed by atoms with E-state index in [4.69, 9.17) is 0 Å². The Hall–Kier alpha value is -2.26. The van der Waals surface area contributed by atoms with E-state index in [1.165, 1.54) is 16.6 Å². The van der Waals surface area contributed by atoms with Gasteiger partial charge in [-0.25, -0.2) is 8.42 Å². The number of aromatic nitrogens is 3. The summed E-state index contributed by atoms with van der Waals surface area (Å²) in [6.45, 7) is 2.15. The highest BCUT2D eigenvalue weighted by Crippen LogP contribution is 2.17. The average Bonchev–Trinajstić information content (AvgIpc) is 3.16. The van der Waals surface area contributed by atoms with Gasteiger partial charge in [-0.3, -0.25) is 14.5 Å². The molecule has 2 aromatic heterocycles. The van der Waals surface area contributed by atoms with Gasteiger partial charge in [-0.15, -0.1) is 0 Å². The zero-order valence-electron chi connectivity index (χ0n) is 13.9. The summed E-state index contributed by atoms with van der Waals surface area (Å²) in [5, 5.41) is 4.10. The topological polar surface area (TPSA) is 88.4 Å². The van der Waals surface area contributed by atoms with E-state index in [1.54, 1.807) is 28.0 Å². The van der Waals surface area contributed by atoms with Crippen LogP contribution < -0.4 is 0 Å². The van der Waals surface area contributed by atoms with Crippen molar-refractivity contribution in [2.75, 3.05) is 26.2 Å². The standard InChI is InChI=1S/C16H21N5O3S/c22-16(5-2-8-20-9-3-7-18-20)19-10-12-21(13-11-19)25(23,24)15-4-1-6-17-14-15/h1,3-4,6-7,9,14H,2,5,8,10-13H2. The van der Waals surface area contributed by atoms with Gasteiger partial charge in [0, 0.05) is 63.9 Å². The largest absolute Gasteiger partial charge is 0.340 e. The lowest BCUT2D eigenvalue weighted by molar-refractivity contribution is -0.132. The molecular formula is C16H21N5O3S. The number of carbonyl (C=O) groups is 1. The molecule has 9 heteroatoms. The summed E-state index contributed by atoms with van der Waals surface area (Å²) in [5.41, 5.74) is 0. The van der Waals surface area contributed by atoms with Gasteiger partial charge in [0.15, 0.2) is 0 Å². The fourth-order valence-electron chi connectivity index (χ4n) is 2.81. The van der Waals surface area contributed by atoms with E-state index in [-0.39, 0.29) is 10.8 Å². The number of carbonyl (C=O) groups excluding carboxylic acids is 1. The molecule has 0 unspecified atom stereocenters. The Morgan fingerprint density at radius 2 is 1.92 bits per heavy atom. The highest BCUT2D eigenvalue weighted by atomic mass is 32.2. The lowest BCUT2D eigenvalue weighted by Gasteiger charge is -2.34. The fourth-order valence-corrected chi connectivity index (χ4v) is 4.20. The molecule has 1 aliphatic rings. The maximum absolute atomic E-state index is 12.5. The van der Waals surface area contributed by atoms with Gasteiger partial charge in [0.1, 0.15) is 4.90 Å². The molecule has 1 amide bonds. The van der Waals surface area contributed by atoms with Gasteiger partial charge in [-0.1, -0.05) is 0 Å². The minimum atomic E-state index is -3.54. The van der Waals surface area contributed by atoms with Crippen LogP contribution in [-0.4, -0.2) is 64.5 Å². The second-order valence-corrected chi connectivity index (χ2v) is 7.78. The SMILES string of the molecule is O=C(CCCn1cccn1)N1CCN(S(=O)(=O)c2cccnc2)CC1. The molecule has 0 radical (unpaired) electrons. The number of piperazine rings is 1. The van der Waals surface area contributed by atoms with Gasteiger partial charge in [0.2, 0.25) is 15.9 Å². The lowest BCUT2D eigenvalue weighted by Crippen LogP contribution is -2.50. The van der Waals surface area contributed by atoms with E-state index in [9.17, 15) is 13.2 Å². The first kappa shape index (κ1) is 17.6. The van der Waals surface area contributed by atoms with E-state index in [0.717, 1.165) is 0 Å². The zero-order chi connectivity index (χ0) is 17.7. The number of hydrogen-bond acceptors (Lipinski definition) is 5. The Morgan fingerprint density at radius 1 is 1.12 bits per heavy atom. The van der Waals surface area contributed by atoms with Crippen LogP contribution in [-0.2, 0) is 21.4 Å². The van der Waals surface area contributed by atoms with E-state index < -0.39 is 10.0 Å². The van der Waals surface area contributed by atoms with Crippen molar-refractivity contribution in [3.63, 3.8) is 0 Å². The first-order chi connectivity index (χ1) is 12.1. The van der Waals surface area contributed by atoms with Crippen LogP contribution in [0.4, 0.5) is 0 Å². The summed E-state index contributed by atoms with van der Waals surface area (Å²) in [6.07, 6.45) is 7.63.